The van der Waals surface area contributed by atoms with Crippen LogP contribution in [0.5, 0.6) is 17.2 Å². The van der Waals surface area contributed by atoms with Crippen molar-refractivity contribution < 1.29 is 19.3 Å². The summed E-state index contributed by atoms with van der Waals surface area (Å²) >= 11 is 0. The molecule has 0 unspecified atom stereocenters. The highest BCUT2D eigenvalue weighted by Crippen LogP contribution is 2.36. The van der Waals surface area contributed by atoms with Crippen LogP contribution in [0, 0.1) is 0 Å². The van der Waals surface area contributed by atoms with Gasteiger partial charge in [0.05, 0.1) is 13.2 Å². The fourth-order valence-corrected chi connectivity index (χ4v) is 3.46. The minimum absolute atomic E-state index is 0.272. The second-order valence-corrected chi connectivity index (χ2v) is 6.90. The van der Waals surface area contributed by atoms with E-state index in [9.17, 15) is 5.11 Å². The van der Waals surface area contributed by atoms with Crippen LogP contribution in [0.4, 0.5) is 0 Å². The van der Waals surface area contributed by atoms with Crippen LogP contribution in [0.1, 0.15) is 12.0 Å². The van der Waals surface area contributed by atoms with Crippen molar-refractivity contribution in [2.24, 2.45) is 0 Å². The first kappa shape index (κ1) is 18.1. The normalized spacial score (nSPS) is 16.6. The summed E-state index contributed by atoms with van der Waals surface area (Å²) in [5.41, 5.74) is 3.00. The Bertz CT molecular complexity index is 775. The zero-order valence-electron chi connectivity index (χ0n) is 15.4. The SMILES string of the molecule is Oc1ccc(-c2ccc3c(c2)OCO3)cc1CNCCCN1CCOCC1. The standard InChI is InChI=1S/C21H26N2O4/c24-19-4-2-16(17-3-5-20-21(13-17)27-15-26-20)12-18(19)14-22-6-1-7-23-8-10-25-11-9-23/h2-5,12-13,22,24H,1,6-11,14-15H2. The van der Waals surface area contributed by atoms with Crippen molar-refractivity contribution in [1.82, 2.24) is 10.2 Å². The van der Waals surface area contributed by atoms with E-state index in [-0.39, 0.29) is 6.79 Å². The number of nitrogens with one attached hydrogen (secondary N) is 1. The fraction of sp³-hybridized carbons (Fsp3) is 0.429. The Morgan fingerprint density at radius 3 is 2.63 bits per heavy atom. The average Bonchev–Trinajstić information content (AvgIpc) is 3.17. The van der Waals surface area contributed by atoms with Crippen LogP contribution in [-0.4, -0.2) is 56.2 Å². The topological polar surface area (TPSA) is 63.2 Å². The van der Waals surface area contributed by atoms with Crippen molar-refractivity contribution in [2.45, 2.75) is 13.0 Å². The molecule has 2 aliphatic rings. The van der Waals surface area contributed by atoms with Gasteiger partial charge in [-0.05, 0) is 54.9 Å². The van der Waals surface area contributed by atoms with Gasteiger partial charge in [-0.3, -0.25) is 4.90 Å². The Kier molecular flexibility index (Phi) is 5.77. The third-order valence-corrected chi connectivity index (χ3v) is 5.03. The van der Waals surface area contributed by atoms with E-state index >= 15 is 0 Å². The summed E-state index contributed by atoms with van der Waals surface area (Å²) in [5, 5.41) is 13.6. The fourth-order valence-electron chi connectivity index (χ4n) is 3.46. The molecule has 0 bridgehead atoms. The highest BCUT2D eigenvalue weighted by Gasteiger charge is 2.14. The number of benzene rings is 2. The van der Waals surface area contributed by atoms with Gasteiger partial charge in [0.1, 0.15) is 5.75 Å². The van der Waals surface area contributed by atoms with E-state index in [1.807, 2.05) is 30.3 Å². The second-order valence-electron chi connectivity index (χ2n) is 6.90. The van der Waals surface area contributed by atoms with E-state index < -0.39 is 0 Å². The smallest absolute Gasteiger partial charge is 0.231 e. The third kappa shape index (κ3) is 4.53. The lowest BCUT2D eigenvalue weighted by molar-refractivity contribution is 0.0374. The summed E-state index contributed by atoms with van der Waals surface area (Å²) in [5.74, 6) is 1.86. The molecule has 0 atom stereocenters. The molecule has 6 heteroatoms. The maximum Gasteiger partial charge on any atom is 0.231 e. The molecule has 2 heterocycles. The molecule has 2 aromatic rings. The third-order valence-electron chi connectivity index (χ3n) is 5.03. The van der Waals surface area contributed by atoms with Crippen LogP contribution in [0.15, 0.2) is 36.4 Å². The summed E-state index contributed by atoms with van der Waals surface area (Å²) in [6, 6.07) is 11.6. The molecule has 2 N–H and O–H groups in total. The molecule has 2 aliphatic heterocycles. The lowest BCUT2D eigenvalue weighted by atomic mass is 10.0. The van der Waals surface area contributed by atoms with E-state index in [0.29, 0.717) is 12.3 Å². The number of aromatic hydroxyl groups is 1. The maximum absolute atomic E-state index is 10.2. The van der Waals surface area contributed by atoms with Crippen LogP contribution in [0.2, 0.25) is 0 Å². The number of nitrogens with zero attached hydrogens (tertiary/aromatic N) is 1. The first-order valence-corrected chi connectivity index (χ1v) is 9.52. The monoisotopic (exact) mass is 370 g/mol. The molecule has 0 aromatic heterocycles. The molecule has 1 fully saturated rings. The average molecular weight is 370 g/mol. The van der Waals surface area contributed by atoms with Crippen LogP contribution < -0.4 is 14.8 Å². The molecule has 0 spiro atoms. The molecule has 0 amide bonds. The Hall–Kier alpha value is -2.28. The predicted molar refractivity (Wildman–Crippen MR) is 103 cm³/mol. The maximum atomic E-state index is 10.2. The summed E-state index contributed by atoms with van der Waals surface area (Å²) in [6.07, 6.45) is 1.09. The van der Waals surface area contributed by atoms with Crippen molar-refractivity contribution in [3.05, 3.63) is 42.0 Å². The predicted octanol–water partition coefficient (Wildman–Crippen LogP) is 2.60. The van der Waals surface area contributed by atoms with Crippen LogP contribution in [0.3, 0.4) is 0 Å². The molecule has 0 radical (unpaired) electrons. The molecule has 1 saturated heterocycles. The molecule has 2 aromatic carbocycles. The first-order chi connectivity index (χ1) is 13.3. The summed E-state index contributed by atoms with van der Waals surface area (Å²) in [6.45, 7) is 6.66. The van der Waals surface area contributed by atoms with Gasteiger partial charge in [0.15, 0.2) is 11.5 Å². The number of phenolic OH excluding ortho intramolecular Hbond substituents is 1. The first-order valence-electron chi connectivity index (χ1n) is 9.52. The number of phenols is 1. The lowest BCUT2D eigenvalue weighted by Gasteiger charge is -2.26. The van der Waals surface area contributed by atoms with Crippen molar-refractivity contribution in [3.63, 3.8) is 0 Å². The summed E-state index contributed by atoms with van der Waals surface area (Å²) < 4.78 is 16.2. The lowest BCUT2D eigenvalue weighted by Crippen LogP contribution is -2.37. The van der Waals surface area contributed by atoms with E-state index in [4.69, 9.17) is 14.2 Å². The largest absolute Gasteiger partial charge is 0.508 e. The van der Waals surface area contributed by atoms with Gasteiger partial charge in [-0.2, -0.15) is 0 Å². The van der Waals surface area contributed by atoms with E-state index in [1.54, 1.807) is 6.07 Å². The van der Waals surface area contributed by atoms with Crippen LogP contribution in [0.25, 0.3) is 11.1 Å². The van der Waals surface area contributed by atoms with Gasteiger partial charge < -0.3 is 24.6 Å². The van der Waals surface area contributed by atoms with Crippen molar-refractivity contribution >= 4 is 0 Å². The number of morpholine rings is 1. The quantitative estimate of drug-likeness (QED) is 0.731. The Balaban J connectivity index is 1.32. The molecule has 27 heavy (non-hydrogen) atoms. The minimum atomic E-state index is 0.272. The zero-order valence-corrected chi connectivity index (χ0v) is 15.4. The molecule has 6 nitrogen and oxygen atoms in total. The molecule has 144 valence electrons. The Morgan fingerprint density at radius 2 is 1.74 bits per heavy atom. The number of fused-ring (bicyclic) bond motifs is 1. The summed E-state index contributed by atoms with van der Waals surface area (Å²) in [7, 11) is 0. The van der Waals surface area contributed by atoms with Crippen molar-refractivity contribution in [3.8, 4) is 28.4 Å². The van der Waals surface area contributed by atoms with Crippen molar-refractivity contribution in [1.29, 1.82) is 0 Å². The second kappa shape index (κ2) is 8.61. The highest BCUT2D eigenvalue weighted by molar-refractivity contribution is 5.69. The van der Waals surface area contributed by atoms with E-state index in [2.05, 4.69) is 10.2 Å². The van der Waals surface area contributed by atoms with Gasteiger partial charge in [-0.1, -0.05) is 12.1 Å². The molecule has 4 rings (SSSR count). The number of rotatable bonds is 7. The van der Waals surface area contributed by atoms with Gasteiger partial charge >= 0.3 is 0 Å². The van der Waals surface area contributed by atoms with Gasteiger partial charge in [0, 0.05) is 25.2 Å². The highest BCUT2D eigenvalue weighted by atomic mass is 16.7. The zero-order chi connectivity index (χ0) is 18.5. The van der Waals surface area contributed by atoms with Gasteiger partial charge in [-0.15, -0.1) is 0 Å². The van der Waals surface area contributed by atoms with E-state index in [0.717, 1.165) is 74.0 Å². The molecular formula is C21H26N2O4. The molecular weight excluding hydrogens is 344 g/mol. The summed E-state index contributed by atoms with van der Waals surface area (Å²) in [4.78, 5) is 2.43. The van der Waals surface area contributed by atoms with Crippen LogP contribution >= 0.6 is 0 Å². The van der Waals surface area contributed by atoms with Crippen molar-refractivity contribution in [2.75, 3.05) is 46.2 Å². The Morgan fingerprint density at radius 1 is 0.963 bits per heavy atom. The molecule has 0 aliphatic carbocycles. The number of hydrogen-bond acceptors (Lipinski definition) is 6. The van der Waals surface area contributed by atoms with E-state index in [1.165, 1.54) is 0 Å². The number of ether oxygens (including phenoxy) is 3. The van der Waals surface area contributed by atoms with Gasteiger partial charge in [0.25, 0.3) is 0 Å². The minimum Gasteiger partial charge on any atom is -0.508 e. The Labute approximate surface area is 159 Å². The number of hydrogen-bond donors (Lipinski definition) is 2. The van der Waals surface area contributed by atoms with Gasteiger partial charge in [0.2, 0.25) is 6.79 Å². The van der Waals surface area contributed by atoms with Gasteiger partial charge in [-0.25, -0.2) is 0 Å². The molecule has 0 saturated carbocycles. The van der Waals surface area contributed by atoms with Crippen LogP contribution in [-0.2, 0) is 11.3 Å².